The molecule has 1 amide bonds. The molecule has 0 bridgehead atoms. The summed E-state index contributed by atoms with van der Waals surface area (Å²) in [5.74, 6) is 0.0836. The monoisotopic (exact) mass is 271 g/mol. The molecule has 0 spiro atoms. The lowest BCUT2D eigenvalue weighted by molar-refractivity contribution is -0.132. The van der Waals surface area contributed by atoms with E-state index in [1.54, 1.807) is 0 Å². The summed E-state index contributed by atoms with van der Waals surface area (Å²) in [4.78, 5) is 17.6. The first-order valence-electron chi connectivity index (χ1n) is 7.31. The number of fused-ring (bicyclic) bond motifs is 1. The van der Waals surface area contributed by atoms with Crippen molar-refractivity contribution in [3.63, 3.8) is 0 Å². The zero-order chi connectivity index (χ0) is 14.1. The van der Waals surface area contributed by atoms with Gasteiger partial charge in [0.1, 0.15) is 0 Å². The van der Waals surface area contributed by atoms with Crippen LogP contribution in [-0.2, 0) is 11.2 Å². The predicted molar refractivity (Wildman–Crippen MR) is 80.4 cm³/mol. The first kappa shape index (κ1) is 13.2. The van der Waals surface area contributed by atoms with Gasteiger partial charge in [-0.1, -0.05) is 18.2 Å². The quantitative estimate of drug-likeness (QED) is 0.874. The fraction of sp³-hybridized carbons (Fsp3) is 0.438. The highest BCUT2D eigenvalue weighted by Crippen LogP contribution is 2.27. The summed E-state index contributed by atoms with van der Waals surface area (Å²) < 4.78 is 0. The summed E-state index contributed by atoms with van der Waals surface area (Å²) in [6.07, 6.45) is 4.80. The van der Waals surface area contributed by atoms with E-state index in [-0.39, 0.29) is 5.91 Å². The van der Waals surface area contributed by atoms with E-state index in [9.17, 15) is 4.79 Å². The molecule has 1 heterocycles. The van der Waals surface area contributed by atoms with Gasteiger partial charge >= 0.3 is 0 Å². The average Bonchev–Trinajstić information content (AvgIpc) is 3.22. The maximum absolute atomic E-state index is 12.4. The zero-order valence-electron chi connectivity index (χ0n) is 11.8. The number of amides is 1. The van der Waals surface area contributed by atoms with Crippen molar-refractivity contribution in [3.8, 4) is 0 Å². The van der Waals surface area contributed by atoms with E-state index in [2.05, 4.69) is 11.1 Å². The Hall–Kier alpha value is -1.81. The van der Waals surface area contributed by atoms with Crippen LogP contribution < -0.4 is 5.73 Å². The molecule has 4 heteroatoms. The van der Waals surface area contributed by atoms with Crippen molar-refractivity contribution >= 4 is 16.8 Å². The Labute approximate surface area is 118 Å². The van der Waals surface area contributed by atoms with Crippen molar-refractivity contribution in [2.45, 2.75) is 38.3 Å². The summed E-state index contributed by atoms with van der Waals surface area (Å²) in [5.41, 5.74) is 8.35. The number of benzene rings is 1. The third kappa shape index (κ3) is 2.43. The Morgan fingerprint density at radius 3 is 2.90 bits per heavy atom. The van der Waals surface area contributed by atoms with Crippen molar-refractivity contribution < 1.29 is 4.79 Å². The van der Waals surface area contributed by atoms with Gasteiger partial charge in [-0.15, -0.1) is 0 Å². The van der Waals surface area contributed by atoms with Crippen molar-refractivity contribution in [2.24, 2.45) is 5.73 Å². The molecule has 1 fully saturated rings. The van der Waals surface area contributed by atoms with Gasteiger partial charge in [-0.3, -0.25) is 4.79 Å². The molecule has 1 unspecified atom stereocenters. The molecule has 0 aliphatic heterocycles. The van der Waals surface area contributed by atoms with Crippen LogP contribution in [0.1, 0.15) is 25.3 Å². The largest absolute Gasteiger partial charge is 0.361 e. The van der Waals surface area contributed by atoms with Crippen LogP contribution in [0.25, 0.3) is 10.9 Å². The molecule has 1 aliphatic carbocycles. The Balaban J connectivity index is 1.74. The van der Waals surface area contributed by atoms with E-state index in [1.165, 1.54) is 0 Å². The molecule has 1 aromatic carbocycles. The van der Waals surface area contributed by atoms with E-state index in [1.807, 2.05) is 36.2 Å². The van der Waals surface area contributed by atoms with Crippen LogP contribution in [0.15, 0.2) is 30.5 Å². The number of hydrogen-bond donors (Lipinski definition) is 2. The molecule has 0 saturated heterocycles. The van der Waals surface area contributed by atoms with Gasteiger partial charge in [-0.05, 0) is 37.8 Å². The zero-order valence-corrected chi connectivity index (χ0v) is 11.8. The third-order valence-electron chi connectivity index (χ3n) is 4.04. The Morgan fingerprint density at radius 1 is 1.45 bits per heavy atom. The third-order valence-corrected chi connectivity index (χ3v) is 4.04. The highest BCUT2D eigenvalue weighted by Gasteiger charge is 2.33. The number of hydrogen-bond acceptors (Lipinski definition) is 2. The highest BCUT2D eigenvalue weighted by molar-refractivity contribution is 5.86. The number of rotatable bonds is 5. The lowest BCUT2D eigenvalue weighted by Crippen LogP contribution is -2.45. The second-order valence-electron chi connectivity index (χ2n) is 5.53. The number of likely N-dealkylation sites (N-methyl/N-ethyl adjacent to an activating group) is 1. The second kappa shape index (κ2) is 5.29. The van der Waals surface area contributed by atoms with Crippen LogP contribution in [-0.4, -0.2) is 34.4 Å². The average molecular weight is 271 g/mol. The summed E-state index contributed by atoms with van der Waals surface area (Å²) in [6, 6.07) is 8.09. The number of nitrogens with zero attached hydrogens (tertiary/aromatic N) is 1. The van der Waals surface area contributed by atoms with Gasteiger partial charge < -0.3 is 15.6 Å². The molecular weight excluding hydrogens is 250 g/mol. The Bertz CT molecular complexity index is 615. The van der Waals surface area contributed by atoms with Gasteiger partial charge in [-0.25, -0.2) is 0 Å². The maximum Gasteiger partial charge on any atom is 0.240 e. The SMILES string of the molecule is CCN(C(=O)C(N)Cc1c[nH]c2ccccc12)C1CC1. The lowest BCUT2D eigenvalue weighted by Gasteiger charge is -2.24. The minimum atomic E-state index is -0.449. The number of nitrogens with one attached hydrogen (secondary N) is 1. The fourth-order valence-electron chi connectivity index (χ4n) is 2.82. The molecule has 106 valence electrons. The van der Waals surface area contributed by atoms with E-state index in [0.29, 0.717) is 12.5 Å². The van der Waals surface area contributed by atoms with Gasteiger partial charge in [0.05, 0.1) is 6.04 Å². The van der Waals surface area contributed by atoms with Crippen LogP contribution in [0.3, 0.4) is 0 Å². The number of H-pyrrole nitrogens is 1. The molecule has 1 atom stereocenters. The van der Waals surface area contributed by atoms with Gasteiger partial charge in [0.2, 0.25) is 5.91 Å². The van der Waals surface area contributed by atoms with Crippen molar-refractivity contribution in [2.75, 3.05) is 6.54 Å². The number of nitrogens with two attached hydrogens (primary N) is 1. The molecule has 0 radical (unpaired) electrons. The first-order valence-corrected chi connectivity index (χ1v) is 7.31. The van der Waals surface area contributed by atoms with E-state index >= 15 is 0 Å². The fourth-order valence-corrected chi connectivity index (χ4v) is 2.82. The van der Waals surface area contributed by atoms with E-state index < -0.39 is 6.04 Å². The van der Waals surface area contributed by atoms with E-state index in [4.69, 9.17) is 5.73 Å². The van der Waals surface area contributed by atoms with Crippen LogP contribution in [0, 0.1) is 0 Å². The topological polar surface area (TPSA) is 62.1 Å². The van der Waals surface area contributed by atoms with Crippen molar-refractivity contribution in [1.29, 1.82) is 0 Å². The predicted octanol–water partition coefficient (Wildman–Crippen LogP) is 2.05. The van der Waals surface area contributed by atoms with Crippen LogP contribution in [0.4, 0.5) is 0 Å². The standard InChI is InChI=1S/C16H21N3O/c1-2-19(12-7-8-12)16(20)14(17)9-11-10-18-15-6-4-3-5-13(11)15/h3-6,10,12,14,18H,2,7-9,17H2,1H3. The summed E-state index contributed by atoms with van der Waals surface area (Å²) in [5, 5.41) is 1.16. The maximum atomic E-state index is 12.4. The minimum absolute atomic E-state index is 0.0836. The van der Waals surface area contributed by atoms with Crippen LogP contribution in [0.2, 0.25) is 0 Å². The molecule has 4 nitrogen and oxygen atoms in total. The molecule has 1 saturated carbocycles. The van der Waals surface area contributed by atoms with E-state index in [0.717, 1.165) is 35.9 Å². The van der Waals surface area contributed by atoms with Gasteiger partial charge in [0.15, 0.2) is 0 Å². The summed E-state index contributed by atoms with van der Waals surface area (Å²) in [6.45, 7) is 2.78. The number of carbonyl (C=O) groups excluding carboxylic acids is 1. The molecule has 2 aromatic rings. The van der Waals surface area contributed by atoms with Gasteiger partial charge in [0.25, 0.3) is 0 Å². The Morgan fingerprint density at radius 2 is 2.20 bits per heavy atom. The summed E-state index contributed by atoms with van der Waals surface area (Å²) in [7, 11) is 0. The van der Waals surface area contributed by atoms with Gasteiger partial charge in [-0.2, -0.15) is 0 Å². The molecule has 1 aliphatic rings. The van der Waals surface area contributed by atoms with Crippen molar-refractivity contribution in [1.82, 2.24) is 9.88 Å². The molecule has 3 rings (SSSR count). The second-order valence-corrected chi connectivity index (χ2v) is 5.53. The normalized spacial score (nSPS) is 16.3. The lowest BCUT2D eigenvalue weighted by atomic mass is 10.0. The molecule has 1 aromatic heterocycles. The molecule has 3 N–H and O–H groups in total. The number of para-hydroxylation sites is 1. The number of aromatic nitrogens is 1. The first-order chi connectivity index (χ1) is 9.70. The highest BCUT2D eigenvalue weighted by atomic mass is 16.2. The minimum Gasteiger partial charge on any atom is -0.361 e. The van der Waals surface area contributed by atoms with Crippen molar-refractivity contribution in [3.05, 3.63) is 36.0 Å². The molecule has 20 heavy (non-hydrogen) atoms. The smallest absolute Gasteiger partial charge is 0.240 e. The summed E-state index contributed by atoms with van der Waals surface area (Å²) >= 11 is 0. The van der Waals surface area contributed by atoms with Gasteiger partial charge in [0, 0.05) is 29.7 Å². The van der Waals surface area contributed by atoms with Crippen LogP contribution in [0.5, 0.6) is 0 Å². The Kier molecular flexibility index (Phi) is 3.49. The molecular formula is C16H21N3O. The number of aromatic amines is 1. The number of carbonyl (C=O) groups is 1. The van der Waals surface area contributed by atoms with Crippen LogP contribution >= 0.6 is 0 Å².